The van der Waals surface area contributed by atoms with E-state index in [1.807, 2.05) is 35.7 Å². The van der Waals surface area contributed by atoms with E-state index in [1.165, 1.54) is 24.0 Å². The number of guanidine groups is 1. The Hall–Kier alpha value is -1.34. The second kappa shape index (κ2) is 10.4. The molecule has 0 aliphatic rings. The normalized spacial score (nSPS) is 14.3. The molecule has 0 amide bonds. The van der Waals surface area contributed by atoms with Crippen LogP contribution in [0.3, 0.4) is 0 Å². The summed E-state index contributed by atoms with van der Waals surface area (Å²) in [6, 6.07) is 1.98. The van der Waals surface area contributed by atoms with Crippen LogP contribution in [0.15, 0.2) is 34.2 Å². The molecule has 0 saturated carbocycles. The Morgan fingerprint density at radius 1 is 1.43 bits per heavy atom. The van der Waals surface area contributed by atoms with Gasteiger partial charge in [0.25, 0.3) is 0 Å². The Bertz CT molecular complexity index is 750. The second-order valence-corrected chi connectivity index (χ2v) is 6.97. The van der Waals surface area contributed by atoms with Gasteiger partial charge in [0.15, 0.2) is 5.96 Å². The minimum Gasteiger partial charge on any atom is -0.374 e. The van der Waals surface area contributed by atoms with Crippen molar-refractivity contribution in [2.45, 2.75) is 31.7 Å². The molecule has 2 N–H and O–H groups in total. The molecule has 158 valence electrons. The molecule has 1 atom stereocenters. The lowest BCUT2D eigenvalue weighted by molar-refractivity contribution is -0.272. The number of aryl methyl sites for hydroxylation is 1. The third-order valence-corrected chi connectivity index (χ3v) is 4.82. The Morgan fingerprint density at radius 3 is 2.64 bits per heavy atom. The lowest BCUT2D eigenvalue weighted by atomic mass is 9.98. The highest BCUT2D eigenvalue weighted by Gasteiger charge is 2.57. The molecule has 1 unspecified atom stereocenters. The molecule has 0 aromatic carbocycles. The molecular weight excluding hydrogens is 506 g/mol. The number of hydrogen-bond donors (Lipinski definition) is 2. The van der Waals surface area contributed by atoms with Crippen LogP contribution < -0.4 is 5.32 Å². The van der Waals surface area contributed by atoms with Crippen LogP contribution in [-0.4, -0.2) is 51.8 Å². The van der Waals surface area contributed by atoms with E-state index in [0.29, 0.717) is 19.0 Å². The fraction of sp³-hybridized carbons (Fsp3) is 0.529. The molecule has 0 spiro atoms. The Kier molecular flexibility index (Phi) is 9.21. The monoisotopic (exact) mass is 531 g/mol. The van der Waals surface area contributed by atoms with Crippen LogP contribution in [0.5, 0.6) is 0 Å². The van der Waals surface area contributed by atoms with Crippen LogP contribution in [0.25, 0.3) is 0 Å². The largest absolute Gasteiger partial charge is 0.424 e. The highest BCUT2D eigenvalue weighted by Crippen LogP contribution is 2.40. The average Bonchev–Trinajstić information content (AvgIpc) is 3.24. The molecule has 2 aromatic rings. The van der Waals surface area contributed by atoms with Gasteiger partial charge in [-0.05, 0) is 29.3 Å². The molecule has 0 radical (unpaired) electrons. The van der Waals surface area contributed by atoms with E-state index in [9.17, 15) is 18.3 Å². The van der Waals surface area contributed by atoms with Gasteiger partial charge in [0.1, 0.15) is 5.82 Å². The number of thiophene rings is 1. The molecule has 2 aromatic heterocycles. The highest BCUT2D eigenvalue weighted by atomic mass is 127. The van der Waals surface area contributed by atoms with Crippen LogP contribution >= 0.6 is 35.3 Å². The summed E-state index contributed by atoms with van der Waals surface area (Å²) < 4.78 is 41.8. The van der Waals surface area contributed by atoms with Crippen molar-refractivity contribution < 1.29 is 18.3 Å². The van der Waals surface area contributed by atoms with Crippen LogP contribution in [-0.2, 0) is 19.2 Å². The van der Waals surface area contributed by atoms with Gasteiger partial charge in [0, 0.05) is 52.5 Å². The Balaban J connectivity index is 0.00000392. The fourth-order valence-electron chi connectivity index (χ4n) is 2.67. The smallest absolute Gasteiger partial charge is 0.374 e. The molecule has 0 bridgehead atoms. The predicted octanol–water partition coefficient (Wildman–Crippen LogP) is 3.34. The van der Waals surface area contributed by atoms with E-state index in [4.69, 9.17) is 0 Å². The summed E-state index contributed by atoms with van der Waals surface area (Å²) in [7, 11) is 3.23. The number of nitrogens with one attached hydrogen (secondary N) is 1. The van der Waals surface area contributed by atoms with Crippen molar-refractivity contribution in [1.29, 1.82) is 0 Å². The fourth-order valence-corrected chi connectivity index (χ4v) is 3.33. The van der Waals surface area contributed by atoms with Crippen molar-refractivity contribution in [3.05, 3.63) is 40.6 Å². The number of alkyl halides is 3. The quantitative estimate of drug-likeness (QED) is 0.327. The first kappa shape index (κ1) is 24.7. The predicted molar refractivity (Wildman–Crippen MR) is 115 cm³/mol. The third kappa shape index (κ3) is 5.83. The minimum atomic E-state index is -4.86. The molecule has 0 aliphatic heterocycles. The van der Waals surface area contributed by atoms with Crippen molar-refractivity contribution in [2.24, 2.45) is 12.0 Å². The van der Waals surface area contributed by atoms with Crippen molar-refractivity contribution >= 4 is 41.3 Å². The molecule has 2 heterocycles. The number of aromatic nitrogens is 2. The molecular formula is C17H25F3IN5OS. The average molecular weight is 531 g/mol. The standard InChI is InChI=1S/C17H24F3N5OS.HI/c1-4-21-15(25(3)11-13-5-10-27-12-13)23-7-6-16(26,17(18,19)20)14-22-8-9-24(14)2;/h5,8-10,12,26H,4,6-7,11H2,1-3H3,(H,21,23);1H. The Labute approximate surface area is 183 Å². The zero-order valence-corrected chi connectivity index (χ0v) is 19.0. The summed E-state index contributed by atoms with van der Waals surface area (Å²) in [4.78, 5) is 9.80. The first-order valence-electron chi connectivity index (χ1n) is 8.46. The lowest BCUT2D eigenvalue weighted by Gasteiger charge is -2.29. The number of rotatable bonds is 7. The Morgan fingerprint density at radius 2 is 2.14 bits per heavy atom. The number of nitrogens with zero attached hydrogens (tertiary/aromatic N) is 4. The summed E-state index contributed by atoms with van der Waals surface area (Å²) >= 11 is 1.58. The van der Waals surface area contributed by atoms with E-state index >= 15 is 0 Å². The van der Waals surface area contributed by atoms with E-state index in [2.05, 4.69) is 15.3 Å². The van der Waals surface area contributed by atoms with Gasteiger partial charge in [-0.2, -0.15) is 24.5 Å². The highest BCUT2D eigenvalue weighted by molar-refractivity contribution is 14.0. The van der Waals surface area contributed by atoms with E-state index < -0.39 is 24.0 Å². The zero-order valence-electron chi connectivity index (χ0n) is 15.9. The first-order chi connectivity index (χ1) is 12.7. The minimum absolute atomic E-state index is 0. The van der Waals surface area contributed by atoms with Gasteiger partial charge in [0.05, 0.1) is 0 Å². The van der Waals surface area contributed by atoms with E-state index in [-0.39, 0.29) is 30.5 Å². The number of imidazole rings is 1. The van der Waals surface area contributed by atoms with Crippen molar-refractivity contribution in [3.8, 4) is 0 Å². The first-order valence-corrected chi connectivity index (χ1v) is 9.40. The maximum Gasteiger partial charge on any atom is 0.424 e. The van der Waals surface area contributed by atoms with Crippen LogP contribution in [0, 0.1) is 0 Å². The maximum absolute atomic E-state index is 13.6. The number of aliphatic imine (C=N–C) groups is 1. The molecule has 0 saturated heterocycles. The zero-order chi connectivity index (χ0) is 20.1. The van der Waals surface area contributed by atoms with E-state index in [0.717, 1.165) is 5.56 Å². The van der Waals surface area contributed by atoms with Gasteiger partial charge in [-0.25, -0.2) is 4.98 Å². The van der Waals surface area contributed by atoms with E-state index in [1.54, 1.807) is 11.3 Å². The number of aliphatic hydroxyl groups is 1. The van der Waals surface area contributed by atoms with Gasteiger partial charge in [0.2, 0.25) is 5.60 Å². The van der Waals surface area contributed by atoms with Gasteiger partial charge in [-0.15, -0.1) is 24.0 Å². The van der Waals surface area contributed by atoms with Gasteiger partial charge in [-0.1, -0.05) is 0 Å². The topological polar surface area (TPSA) is 65.7 Å². The summed E-state index contributed by atoms with van der Waals surface area (Å²) in [5.74, 6) is 0.0369. The summed E-state index contributed by atoms with van der Waals surface area (Å²) in [6.45, 7) is 2.83. The summed E-state index contributed by atoms with van der Waals surface area (Å²) in [5, 5.41) is 17.4. The summed E-state index contributed by atoms with van der Waals surface area (Å²) in [5.41, 5.74) is -1.97. The second-order valence-electron chi connectivity index (χ2n) is 6.19. The molecule has 2 rings (SSSR count). The maximum atomic E-state index is 13.6. The molecule has 28 heavy (non-hydrogen) atoms. The van der Waals surface area contributed by atoms with Gasteiger partial charge in [-0.3, -0.25) is 4.99 Å². The van der Waals surface area contributed by atoms with Crippen LogP contribution in [0.1, 0.15) is 24.7 Å². The SMILES string of the molecule is CCNC(=NCCC(O)(c1nccn1C)C(F)(F)F)N(C)Cc1ccsc1.I. The molecule has 0 aliphatic carbocycles. The lowest BCUT2D eigenvalue weighted by Crippen LogP contribution is -2.45. The van der Waals surface area contributed by atoms with Gasteiger partial charge < -0.3 is 19.9 Å². The van der Waals surface area contributed by atoms with Crippen molar-refractivity contribution in [1.82, 2.24) is 19.8 Å². The third-order valence-electron chi connectivity index (χ3n) is 4.09. The van der Waals surface area contributed by atoms with Crippen LogP contribution in [0.4, 0.5) is 13.2 Å². The molecule has 11 heteroatoms. The van der Waals surface area contributed by atoms with Crippen molar-refractivity contribution in [3.63, 3.8) is 0 Å². The number of hydrogen-bond acceptors (Lipinski definition) is 4. The summed E-state index contributed by atoms with van der Waals surface area (Å²) in [6.07, 6.45) is -2.88. The van der Waals surface area contributed by atoms with Crippen LogP contribution in [0.2, 0.25) is 0 Å². The molecule has 0 fully saturated rings. The van der Waals surface area contributed by atoms with Crippen molar-refractivity contribution in [2.75, 3.05) is 20.1 Å². The van der Waals surface area contributed by atoms with Gasteiger partial charge >= 0.3 is 6.18 Å². The number of halogens is 4. The molecule has 6 nitrogen and oxygen atoms in total.